The van der Waals surface area contributed by atoms with Crippen LogP contribution in [0.25, 0.3) is 21.9 Å². The van der Waals surface area contributed by atoms with Crippen LogP contribution in [0.2, 0.25) is 15.1 Å². The summed E-state index contributed by atoms with van der Waals surface area (Å²) < 4.78 is 27.5. The van der Waals surface area contributed by atoms with E-state index < -0.39 is 0 Å². The first-order chi connectivity index (χ1) is 13.5. The number of rotatable bonds is 4. The molecule has 1 heterocycles. The Morgan fingerprint density at radius 3 is 2.18 bits per heavy atom. The number of methoxy groups -OCH3 is 3. The summed E-state index contributed by atoms with van der Waals surface area (Å²) in [7, 11) is 4.61. The molecule has 1 aliphatic rings. The van der Waals surface area contributed by atoms with Gasteiger partial charge in [-0.3, -0.25) is 0 Å². The van der Waals surface area contributed by atoms with E-state index in [0.717, 1.165) is 5.56 Å². The summed E-state index contributed by atoms with van der Waals surface area (Å²) in [6.07, 6.45) is 0. The molecule has 0 atom stereocenters. The molecule has 3 aromatic carbocycles. The van der Waals surface area contributed by atoms with Crippen molar-refractivity contribution in [3.63, 3.8) is 0 Å². The van der Waals surface area contributed by atoms with Crippen LogP contribution in [0.1, 0.15) is 0 Å². The largest absolute Gasteiger partial charge is 0.493 e. The molecule has 146 valence electrons. The van der Waals surface area contributed by atoms with Crippen LogP contribution in [0, 0.1) is 0 Å². The second kappa shape index (κ2) is 7.32. The molecule has 0 saturated heterocycles. The Hall–Kier alpha value is -2.21. The molecular weight excluding hydrogens is 427 g/mol. The van der Waals surface area contributed by atoms with Gasteiger partial charge in [-0.05, 0) is 23.8 Å². The Bertz CT molecular complexity index is 1100. The molecule has 0 amide bonds. The van der Waals surface area contributed by atoms with Crippen molar-refractivity contribution in [3.8, 4) is 39.9 Å². The maximum Gasteiger partial charge on any atom is 0.231 e. The SMILES string of the molecule is COc1cc2c(Cl)c(Cl)c(Cl)c(-c3ccc4c(c3)OCO4)c2c(OC)c1OC. The fourth-order valence-electron chi connectivity index (χ4n) is 3.33. The first-order valence-corrected chi connectivity index (χ1v) is 9.34. The van der Waals surface area contributed by atoms with E-state index in [2.05, 4.69) is 0 Å². The summed E-state index contributed by atoms with van der Waals surface area (Å²) in [4.78, 5) is 0. The van der Waals surface area contributed by atoms with Gasteiger partial charge in [0.15, 0.2) is 23.0 Å². The molecule has 8 heteroatoms. The molecule has 1 aliphatic heterocycles. The van der Waals surface area contributed by atoms with Crippen molar-refractivity contribution in [1.82, 2.24) is 0 Å². The molecule has 0 bridgehead atoms. The van der Waals surface area contributed by atoms with Gasteiger partial charge in [0, 0.05) is 16.3 Å². The van der Waals surface area contributed by atoms with Crippen LogP contribution in [-0.4, -0.2) is 28.1 Å². The summed E-state index contributed by atoms with van der Waals surface area (Å²) in [5, 5.41) is 2.10. The lowest BCUT2D eigenvalue weighted by molar-refractivity contribution is 0.174. The van der Waals surface area contributed by atoms with Gasteiger partial charge in [-0.2, -0.15) is 0 Å². The summed E-state index contributed by atoms with van der Waals surface area (Å²) in [5.41, 5.74) is 1.41. The predicted molar refractivity (Wildman–Crippen MR) is 110 cm³/mol. The molecule has 0 fully saturated rings. The number of halogens is 3. The zero-order chi connectivity index (χ0) is 20.0. The van der Waals surface area contributed by atoms with E-state index in [-0.39, 0.29) is 11.8 Å². The van der Waals surface area contributed by atoms with Crippen molar-refractivity contribution >= 4 is 45.6 Å². The standard InChI is InChI=1S/C20H15Cl3O5/c1-24-13-7-10-15(20(26-3)19(13)25-2)14(17(22)18(23)16(10)21)9-4-5-11-12(6-9)28-8-27-11/h4-7H,8H2,1-3H3. The Labute approximate surface area is 176 Å². The Morgan fingerprint density at radius 1 is 0.786 bits per heavy atom. The minimum Gasteiger partial charge on any atom is -0.493 e. The van der Waals surface area contributed by atoms with E-state index in [9.17, 15) is 0 Å². The fraction of sp³-hybridized carbons (Fsp3) is 0.200. The van der Waals surface area contributed by atoms with Gasteiger partial charge in [-0.25, -0.2) is 0 Å². The lowest BCUT2D eigenvalue weighted by atomic mass is 9.96. The van der Waals surface area contributed by atoms with Crippen molar-refractivity contribution in [1.29, 1.82) is 0 Å². The molecule has 3 aromatic rings. The summed E-state index contributed by atoms with van der Waals surface area (Å²) >= 11 is 19.6. The van der Waals surface area contributed by atoms with Crippen molar-refractivity contribution in [2.75, 3.05) is 28.1 Å². The van der Waals surface area contributed by atoms with Gasteiger partial charge in [-0.1, -0.05) is 40.9 Å². The van der Waals surface area contributed by atoms with Gasteiger partial charge in [0.05, 0.1) is 36.4 Å². The first kappa shape index (κ1) is 19.1. The van der Waals surface area contributed by atoms with Gasteiger partial charge in [-0.15, -0.1) is 0 Å². The highest BCUT2D eigenvalue weighted by molar-refractivity contribution is 6.52. The molecule has 0 radical (unpaired) electrons. The molecule has 0 aromatic heterocycles. The van der Waals surface area contributed by atoms with E-state index in [1.54, 1.807) is 6.07 Å². The zero-order valence-corrected chi connectivity index (χ0v) is 17.5. The van der Waals surface area contributed by atoms with Crippen LogP contribution >= 0.6 is 34.8 Å². The number of hydrogen-bond acceptors (Lipinski definition) is 5. The summed E-state index contributed by atoms with van der Waals surface area (Å²) in [6, 6.07) is 7.27. The van der Waals surface area contributed by atoms with Crippen molar-refractivity contribution in [2.24, 2.45) is 0 Å². The Balaban J connectivity index is 2.16. The summed E-state index contributed by atoms with van der Waals surface area (Å²) in [5.74, 6) is 2.60. The van der Waals surface area contributed by atoms with E-state index >= 15 is 0 Å². The van der Waals surface area contributed by atoms with Crippen molar-refractivity contribution < 1.29 is 23.7 Å². The normalized spacial score (nSPS) is 12.4. The maximum atomic E-state index is 6.65. The highest BCUT2D eigenvalue weighted by Crippen LogP contribution is 2.54. The smallest absolute Gasteiger partial charge is 0.231 e. The maximum absolute atomic E-state index is 6.65. The number of benzene rings is 3. The molecular formula is C20H15Cl3O5. The predicted octanol–water partition coefficient (Wildman–Crippen LogP) is 6.22. The van der Waals surface area contributed by atoms with E-state index in [1.807, 2.05) is 18.2 Å². The molecule has 0 unspecified atom stereocenters. The topological polar surface area (TPSA) is 46.2 Å². The third-order valence-electron chi connectivity index (χ3n) is 4.58. The molecule has 4 rings (SSSR count). The molecule has 0 N–H and O–H groups in total. The molecule has 0 aliphatic carbocycles. The average molecular weight is 442 g/mol. The lowest BCUT2D eigenvalue weighted by Crippen LogP contribution is -1.98. The van der Waals surface area contributed by atoms with E-state index in [4.69, 9.17) is 58.5 Å². The molecule has 28 heavy (non-hydrogen) atoms. The van der Waals surface area contributed by atoms with Gasteiger partial charge in [0.2, 0.25) is 12.5 Å². The first-order valence-electron chi connectivity index (χ1n) is 8.21. The van der Waals surface area contributed by atoms with Crippen LogP contribution < -0.4 is 23.7 Å². The molecule has 0 saturated carbocycles. The van der Waals surface area contributed by atoms with Crippen LogP contribution in [-0.2, 0) is 0 Å². The minimum atomic E-state index is 0.170. The van der Waals surface area contributed by atoms with E-state index in [0.29, 0.717) is 55.1 Å². The fourth-order valence-corrected chi connectivity index (χ4v) is 4.12. The minimum absolute atomic E-state index is 0.170. The third kappa shape index (κ3) is 2.77. The number of fused-ring (bicyclic) bond motifs is 2. The summed E-state index contributed by atoms with van der Waals surface area (Å²) in [6.45, 7) is 0.170. The zero-order valence-electron chi connectivity index (χ0n) is 15.2. The van der Waals surface area contributed by atoms with Crippen molar-refractivity contribution in [2.45, 2.75) is 0 Å². The Morgan fingerprint density at radius 2 is 1.50 bits per heavy atom. The second-order valence-corrected chi connectivity index (χ2v) is 7.09. The van der Waals surface area contributed by atoms with Crippen LogP contribution in [0.5, 0.6) is 28.7 Å². The third-order valence-corrected chi connectivity index (χ3v) is 5.92. The molecule has 5 nitrogen and oxygen atoms in total. The van der Waals surface area contributed by atoms with Gasteiger partial charge >= 0.3 is 0 Å². The van der Waals surface area contributed by atoms with Gasteiger partial charge < -0.3 is 23.7 Å². The molecule has 0 spiro atoms. The van der Waals surface area contributed by atoms with Crippen LogP contribution in [0.15, 0.2) is 24.3 Å². The van der Waals surface area contributed by atoms with Crippen LogP contribution in [0.3, 0.4) is 0 Å². The lowest BCUT2D eigenvalue weighted by Gasteiger charge is -2.20. The highest BCUT2D eigenvalue weighted by atomic mass is 35.5. The van der Waals surface area contributed by atoms with Crippen molar-refractivity contribution in [3.05, 3.63) is 39.3 Å². The monoisotopic (exact) mass is 440 g/mol. The average Bonchev–Trinajstić information content (AvgIpc) is 3.19. The van der Waals surface area contributed by atoms with E-state index in [1.165, 1.54) is 21.3 Å². The second-order valence-electron chi connectivity index (χ2n) is 5.95. The van der Waals surface area contributed by atoms with Crippen LogP contribution in [0.4, 0.5) is 0 Å². The number of ether oxygens (including phenoxy) is 5. The number of hydrogen-bond donors (Lipinski definition) is 0. The van der Waals surface area contributed by atoms with Gasteiger partial charge in [0.1, 0.15) is 0 Å². The quantitative estimate of drug-likeness (QED) is 0.450. The highest BCUT2D eigenvalue weighted by Gasteiger charge is 2.26. The Kier molecular flexibility index (Phi) is 5.00. The van der Waals surface area contributed by atoms with Gasteiger partial charge in [0.25, 0.3) is 0 Å².